The summed E-state index contributed by atoms with van der Waals surface area (Å²) in [6.45, 7) is 6.33. The van der Waals surface area contributed by atoms with Crippen LogP contribution in [0.3, 0.4) is 0 Å². The molecule has 0 aliphatic rings. The molecule has 0 saturated carbocycles. The molecule has 0 bridgehead atoms. The van der Waals surface area contributed by atoms with Gasteiger partial charge in [0, 0.05) is 19.3 Å². The molecular formula is C14H20N4O2. The van der Waals surface area contributed by atoms with Gasteiger partial charge in [-0.1, -0.05) is 13.8 Å². The molecule has 2 aromatic rings. The van der Waals surface area contributed by atoms with Gasteiger partial charge in [0.15, 0.2) is 5.65 Å². The highest BCUT2D eigenvalue weighted by molar-refractivity contribution is 6.03. The SMILES string of the molecule is CC(C)CC(C)Nc1c(C(=O)O)cnc2c1cnn2C. The van der Waals surface area contributed by atoms with Gasteiger partial charge in [-0.25, -0.2) is 9.78 Å². The third-order valence-corrected chi connectivity index (χ3v) is 3.21. The molecule has 6 heteroatoms. The van der Waals surface area contributed by atoms with E-state index in [-0.39, 0.29) is 11.6 Å². The minimum Gasteiger partial charge on any atom is -0.478 e. The summed E-state index contributed by atoms with van der Waals surface area (Å²) in [5, 5.41) is 17.5. The molecule has 0 radical (unpaired) electrons. The van der Waals surface area contributed by atoms with Crippen LogP contribution in [0.5, 0.6) is 0 Å². The van der Waals surface area contributed by atoms with Crippen molar-refractivity contribution in [2.75, 3.05) is 5.32 Å². The van der Waals surface area contributed by atoms with Gasteiger partial charge in [-0.3, -0.25) is 4.68 Å². The zero-order valence-corrected chi connectivity index (χ0v) is 12.2. The van der Waals surface area contributed by atoms with Gasteiger partial charge in [-0.2, -0.15) is 5.10 Å². The Balaban J connectivity index is 2.47. The Bertz CT molecular complexity index is 633. The molecule has 0 aliphatic heterocycles. The van der Waals surface area contributed by atoms with Crippen molar-refractivity contribution in [3.05, 3.63) is 18.0 Å². The number of aromatic nitrogens is 3. The molecule has 2 N–H and O–H groups in total. The number of carbonyl (C=O) groups is 1. The Morgan fingerprint density at radius 2 is 2.10 bits per heavy atom. The number of hydrogen-bond acceptors (Lipinski definition) is 4. The number of anilines is 1. The standard InChI is InChI=1S/C14H20N4O2/c1-8(2)5-9(3)17-12-10-7-16-18(4)13(10)15-6-11(12)14(19)20/h6-9H,5H2,1-4H3,(H,15,17)(H,19,20). The molecule has 2 heterocycles. The van der Waals surface area contributed by atoms with Gasteiger partial charge in [0.05, 0.1) is 17.3 Å². The highest BCUT2D eigenvalue weighted by Gasteiger charge is 2.18. The molecule has 0 amide bonds. The lowest BCUT2D eigenvalue weighted by Crippen LogP contribution is -2.19. The van der Waals surface area contributed by atoms with E-state index in [1.54, 1.807) is 17.9 Å². The Morgan fingerprint density at radius 1 is 1.40 bits per heavy atom. The van der Waals surface area contributed by atoms with Crippen LogP contribution >= 0.6 is 0 Å². The van der Waals surface area contributed by atoms with Crippen LogP contribution in [0.2, 0.25) is 0 Å². The number of rotatable bonds is 5. The Kier molecular flexibility index (Phi) is 3.92. The third kappa shape index (κ3) is 2.74. The van der Waals surface area contributed by atoms with Crippen LogP contribution in [0.4, 0.5) is 5.69 Å². The second-order valence-corrected chi connectivity index (χ2v) is 5.53. The highest BCUT2D eigenvalue weighted by Crippen LogP contribution is 2.27. The fourth-order valence-electron chi connectivity index (χ4n) is 2.43. The van der Waals surface area contributed by atoms with Crippen molar-refractivity contribution in [2.45, 2.75) is 33.2 Å². The molecule has 0 fully saturated rings. The number of nitrogens with one attached hydrogen (secondary N) is 1. The highest BCUT2D eigenvalue weighted by atomic mass is 16.4. The number of pyridine rings is 1. The van der Waals surface area contributed by atoms with Gasteiger partial charge in [0.2, 0.25) is 0 Å². The number of aryl methyl sites for hydroxylation is 1. The normalized spacial score (nSPS) is 12.8. The second kappa shape index (κ2) is 5.48. The van der Waals surface area contributed by atoms with E-state index in [1.807, 2.05) is 6.92 Å². The monoisotopic (exact) mass is 276 g/mol. The minimum absolute atomic E-state index is 0.180. The Morgan fingerprint density at radius 3 is 2.70 bits per heavy atom. The topological polar surface area (TPSA) is 80.0 Å². The Hall–Kier alpha value is -2.11. The third-order valence-electron chi connectivity index (χ3n) is 3.21. The van der Waals surface area contributed by atoms with E-state index in [9.17, 15) is 9.90 Å². The molecule has 108 valence electrons. The van der Waals surface area contributed by atoms with Crippen molar-refractivity contribution in [3.8, 4) is 0 Å². The first-order valence-electron chi connectivity index (χ1n) is 6.70. The van der Waals surface area contributed by atoms with Crippen LogP contribution in [0.25, 0.3) is 11.0 Å². The van der Waals surface area contributed by atoms with Crippen LogP contribution in [0.15, 0.2) is 12.4 Å². The average molecular weight is 276 g/mol. The second-order valence-electron chi connectivity index (χ2n) is 5.53. The molecule has 2 aromatic heterocycles. The van der Waals surface area contributed by atoms with Gasteiger partial charge in [0.1, 0.15) is 5.56 Å². The van der Waals surface area contributed by atoms with Gasteiger partial charge in [0.25, 0.3) is 0 Å². The summed E-state index contributed by atoms with van der Waals surface area (Å²) < 4.78 is 1.64. The van der Waals surface area contributed by atoms with Crippen LogP contribution in [-0.4, -0.2) is 31.9 Å². The predicted octanol–water partition coefficient (Wildman–Crippen LogP) is 2.51. The fourth-order valence-corrected chi connectivity index (χ4v) is 2.43. The van der Waals surface area contributed by atoms with Crippen LogP contribution in [-0.2, 0) is 7.05 Å². The van der Waals surface area contributed by atoms with E-state index in [2.05, 4.69) is 29.2 Å². The maximum Gasteiger partial charge on any atom is 0.339 e. The number of hydrogen-bond donors (Lipinski definition) is 2. The summed E-state index contributed by atoms with van der Waals surface area (Å²) >= 11 is 0. The van der Waals surface area contributed by atoms with E-state index in [1.165, 1.54) is 6.20 Å². The molecular weight excluding hydrogens is 256 g/mol. The number of carboxylic acids is 1. The van der Waals surface area contributed by atoms with Crippen molar-refractivity contribution in [2.24, 2.45) is 13.0 Å². The first-order valence-corrected chi connectivity index (χ1v) is 6.70. The first-order chi connectivity index (χ1) is 9.40. The van der Waals surface area contributed by atoms with E-state index in [0.29, 0.717) is 17.3 Å². The van der Waals surface area contributed by atoms with E-state index in [4.69, 9.17) is 0 Å². The zero-order valence-electron chi connectivity index (χ0n) is 12.2. The number of carboxylic acid groups (broad SMARTS) is 1. The number of fused-ring (bicyclic) bond motifs is 1. The van der Waals surface area contributed by atoms with Crippen LogP contribution in [0, 0.1) is 5.92 Å². The summed E-state index contributed by atoms with van der Waals surface area (Å²) in [7, 11) is 1.79. The number of nitrogens with zero attached hydrogens (tertiary/aromatic N) is 3. The van der Waals surface area contributed by atoms with Gasteiger partial charge < -0.3 is 10.4 Å². The van der Waals surface area contributed by atoms with Crippen molar-refractivity contribution >= 4 is 22.7 Å². The van der Waals surface area contributed by atoms with Gasteiger partial charge in [-0.05, 0) is 19.3 Å². The summed E-state index contributed by atoms with van der Waals surface area (Å²) in [6, 6.07) is 0.180. The Labute approximate surface area is 117 Å². The lowest BCUT2D eigenvalue weighted by atomic mass is 10.0. The summed E-state index contributed by atoms with van der Waals surface area (Å²) in [5.74, 6) is -0.445. The molecule has 1 atom stereocenters. The maximum absolute atomic E-state index is 11.4. The van der Waals surface area contributed by atoms with Gasteiger partial charge in [-0.15, -0.1) is 0 Å². The summed E-state index contributed by atoms with van der Waals surface area (Å²) in [4.78, 5) is 15.5. The molecule has 0 aliphatic carbocycles. The van der Waals surface area contributed by atoms with Crippen LogP contribution < -0.4 is 5.32 Å². The molecule has 0 saturated heterocycles. The van der Waals surface area contributed by atoms with Crippen molar-refractivity contribution in [3.63, 3.8) is 0 Å². The van der Waals surface area contributed by atoms with Crippen molar-refractivity contribution in [1.29, 1.82) is 0 Å². The molecule has 2 rings (SSSR count). The van der Waals surface area contributed by atoms with Crippen molar-refractivity contribution in [1.82, 2.24) is 14.8 Å². The van der Waals surface area contributed by atoms with Crippen molar-refractivity contribution < 1.29 is 9.90 Å². The molecule has 6 nitrogen and oxygen atoms in total. The lowest BCUT2D eigenvalue weighted by Gasteiger charge is -2.19. The van der Waals surface area contributed by atoms with E-state index in [0.717, 1.165) is 11.8 Å². The van der Waals surface area contributed by atoms with Crippen LogP contribution in [0.1, 0.15) is 37.6 Å². The predicted molar refractivity (Wildman–Crippen MR) is 78.0 cm³/mol. The van der Waals surface area contributed by atoms with E-state index < -0.39 is 5.97 Å². The minimum atomic E-state index is -0.984. The molecule has 20 heavy (non-hydrogen) atoms. The zero-order chi connectivity index (χ0) is 14.9. The number of aromatic carboxylic acids is 1. The summed E-state index contributed by atoms with van der Waals surface area (Å²) in [6.07, 6.45) is 4.00. The molecule has 1 unspecified atom stereocenters. The fraction of sp³-hybridized carbons (Fsp3) is 0.500. The largest absolute Gasteiger partial charge is 0.478 e. The smallest absolute Gasteiger partial charge is 0.339 e. The molecule has 0 aromatic carbocycles. The lowest BCUT2D eigenvalue weighted by molar-refractivity contribution is 0.0697. The first kappa shape index (κ1) is 14.3. The average Bonchev–Trinajstić information content (AvgIpc) is 2.70. The molecule has 0 spiro atoms. The quantitative estimate of drug-likeness (QED) is 0.877. The van der Waals surface area contributed by atoms with E-state index >= 15 is 0 Å². The maximum atomic E-state index is 11.4. The summed E-state index contributed by atoms with van der Waals surface area (Å²) in [5.41, 5.74) is 1.46. The van der Waals surface area contributed by atoms with Gasteiger partial charge >= 0.3 is 5.97 Å².